The fourth-order valence-electron chi connectivity index (χ4n) is 2.85. The molecule has 3 nitrogen and oxygen atoms in total. The Balaban J connectivity index is 2.13. The Hall–Kier alpha value is -1.16. The Bertz CT molecular complexity index is 641. The maximum absolute atomic E-state index is 12.6. The van der Waals surface area contributed by atoms with Crippen molar-refractivity contribution in [1.82, 2.24) is 9.55 Å². The predicted molar refractivity (Wildman–Crippen MR) is 80.0 cm³/mol. The second kappa shape index (κ2) is 5.45. The monoisotopic (exact) mass is 276 g/mol. The largest absolute Gasteiger partial charge is 0.299 e. The molecule has 0 unspecified atom stereocenters. The van der Waals surface area contributed by atoms with E-state index in [1.807, 2.05) is 0 Å². The molecule has 0 saturated heterocycles. The van der Waals surface area contributed by atoms with E-state index >= 15 is 0 Å². The van der Waals surface area contributed by atoms with Crippen LogP contribution in [0.15, 0.2) is 11.1 Å². The standard InChI is InChI=1S/C15H20N2OS/c1-2-3-9-17-10-16-14-13(15(17)18)11-7-5-4-6-8-12(11)19-14/h10H,2-9H2,1H3. The number of unbranched alkanes of at least 4 members (excludes halogenated alkanes) is 1. The minimum atomic E-state index is 0.179. The van der Waals surface area contributed by atoms with Crippen LogP contribution >= 0.6 is 11.3 Å². The summed E-state index contributed by atoms with van der Waals surface area (Å²) in [6.07, 6.45) is 9.82. The van der Waals surface area contributed by atoms with Crippen LogP contribution in [0.2, 0.25) is 0 Å². The Kier molecular flexibility index (Phi) is 3.69. The molecule has 1 aliphatic rings. The summed E-state index contributed by atoms with van der Waals surface area (Å²) in [6, 6.07) is 0. The van der Waals surface area contributed by atoms with Crippen LogP contribution in [0.5, 0.6) is 0 Å². The maximum Gasteiger partial charge on any atom is 0.262 e. The molecular weight excluding hydrogens is 256 g/mol. The zero-order valence-corrected chi connectivity index (χ0v) is 12.3. The van der Waals surface area contributed by atoms with E-state index in [4.69, 9.17) is 0 Å². The quantitative estimate of drug-likeness (QED) is 0.804. The minimum absolute atomic E-state index is 0.179. The van der Waals surface area contributed by atoms with Crippen molar-refractivity contribution < 1.29 is 0 Å². The average Bonchev–Trinajstić information content (AvgIpc) is 2.61. The maximum atomic E-state index is 12.6. The molecule has 2 aromatic heterocycles. The van der Waals surface area contributed by atoms with Crippen molar-refractivity contribution in [3.8, 4) is 0 Å². The second-order valence-electron chi connectivity index (χ2n) is 5.34. The van der Waals surface area contributed by atoms with Gasteiger partial charge in [-0.1, -0.05) is 19.8 Å². The zero-order valence-electron chi connectivity index (χ0n) is 11.4. The van der Waals surface area contributed by atoms with Gasteiger partial charge in [-0.3, -0.25) is 9.36 Å². The van der Waals surface area contributed by atoms with E-state index in [-0.39, 0.29) is 5.56 Å². The smallest absolute Gasteiger partial charge is 0.262 e. The first-order valence-corrected chi connectivity index (χ1v) is 8.12. The molecule has 102 valence electrons. The number of aryl methyl sites for hydroxylation is 3. The molecule has 2 aromatic rings. The number of nitrogens with zero attached hydrogens (tertiary/aromatic N) is 2. The average molecular weight is 276 g/mol. The van der Waals surface area contributed by atoms with E-state index in [1.165, 1.54) is 29.7 Å². The first-order valence-electron chi connectivity index (χ1n) is 7.31. The third-order valence-electron chi connectivity index (χ3n) is 3.94. The summed E-state index contributed by atoms with van der Waals surface area (Å²) >= 11 is 1.74. The summed E-state index contributed by atoms with van der Waals surface area (Å²) in [7, 11) is 0. The van der Waals surface area contributed by atoms with Gasteiger partial charge in [0.2, 0.25) is 0 Å². The van der Waals surface area contributed by atoms with Crippen molar-refractivity contribution in [3.05, 3.63) is 27.1 Å². The highest BCUT2D eigenvalue weighted by atomic mass is 32.1. The van der Waals surface area contributed by atoms with E-state index in [9.17, 15) is 4.79 Å². The number of rotatable bonds is 3. The van der Waals surface area contributed by atoms with Crippen LogP contribution < -0.4 is 5.56 Å². The SMILES string of the molecule is CCCCn1cnc2sc3c(c2c1=O)CCCCC3. The van der Waals surface area contributed by atoms with Gasteiger partial charge in [0, 0.05) is 11.4 Å². The molecule has 0 radical (unpaired) electrons. The Morgan fingerprint density at radius 1 is 1.32 bits per heavy atom. The van der Waals surface area contributed by atoms with E-state index in [2.05, 4.69) is 11.9 Å². The summed E-state index contributed by atoms with van der Waals surface area (Å²) in [4.78, 5) is 19.5. The molecule has 0 atom stereocenters. The molecule has 0 fully saturated rings. The predicted octanol–water partition coefficient (Wildman–Crippen LogP) is 3.53. The number of hydrogen-bond donors (Lipinski definition) is 0. The van der Waals surface area contributed by atoms with Crippen molar-refractivity contribution in [2.45, 2.75) is 58.4 Å². The lowest BCUT2D eigenvalue weighted by molar-refractivity contribution is 0.608. The fourth-order valence-corrected chi connectivity index (χ4v) is 4.07. The molecule has 0 aromatic carbocycles. The topological polar surface area (TPSA) is 34.9 Å². The van der Waals surface area contributed by atoms with Crippen molar-refractivity contribution in [1.29, 1.82) is 0 Å². The molecule has 0 amide bonds. The molecule has 2 heterocycles. The molecule has 4 heteroatoms. The van der Waals surface area contributed by atoms with Crippen LogP contribution in [0.25, 0.3) is 10.2 Å². The van der Waals surface area contributed by atoms with Gasteiger partial charge in [-0.2, -0.15) is 0 Å². The third-order valence-corrected chi connectivity index (χ3v) is 5.14. The van der Waals surface area contributed by atoms with Crippen molar-refractivity contribution >= 4 is 21.6 Å². The number of hydrogen-bond acceptors (Lipinski definition) is 3. The Morgan fingerprint density at radius 3 is 3.00 bits per heavy atom. The summed E-state index contributed by atoms with van der Waals surface area (Å²) in [5, 5.41) is 0.917. The summed E-state index contributed by atoms with van der Waals surface area (Å²) in [5.41, 5.74) is 1.48. The van der Waals surface area contributed by atoms with E-state index in [1.54, 1.807) is 22.2 Å². The van der Waals surface area contributed by atoms with Crippen LogP contribution in [-0.4, -0.2) is 9.55 Å². The fraction of sp³-hybridized carbons (Fsp3) is 0.600. The highest BCUT2D eigenvalue weighted by Crippen LogP contribution is 2.32. The zero-order chi connectivity index (χ0) is 13.2. The molecule has 0 saturated carbocycles. The Morgan fingerprint density at radius 2 is 2.16 bits per heavy atom. The van der Waals surface area contributed by atoms with Gasteiger partial charge in [-0.05, 0) is 37.7 Å². The van der Waals surface area contributed by atoms with Gasteiger partial charge in [-0.25, -0.2) is 4.98 Å². The van der Waals surface area contributed by atoms with Crippen LogP contribution in [0.3, 0.4) is 0 Å². The summed E-state index contributed by atoms with van der Waals surface area (Å²) in [5.74, 6) is 0. The van der Waals surface area contributed by atoms with Crippen molar-refractivity contribution in [3.63, 3.8) is 0 Å². The number of thiophene rings is 1. The number of aromatic nitrogens is 2. The number of fused-ring (bicyclic) bond motifs is 3. The third kappa shape index (κ3) is 2.34. The molecule has 0 bridgehead atoms. The van der Waals surface area contributed by atoms with Gasteiger partial charge >= 0.3 is 0 Å². The normalized spacial score (nSPS) is 15.4. The minimum Gasteiger partial charge on any atom is -0.299 e. The van der Waals surface area contributed by atoms with E-state index < -0.39 is 0 Å². The van der Waals surface area contributed by atoms with E-state index in [0.717, 1.165) is 42.4 Å². The van der Waals surface area contributed by atoms with Gasteiger partial charge in [0.25, 0.3) is 5.56 Å². The van der Waals surface area contributed by atoms with Gasteiger partial charge < -0.3 is 0 Å². The van der Waals surface area contributed by atoms with Crippen LogP contribution in [0.1, 0.15) is 49.5 Å². The van der Waals surface area contributed by atoms with Crippen LogP contribution in [-0.2, 0) is 19.4 Å². The lowest BCUT2D eigenvalue weighted by Gasteiger charge is -2.04. The lowest BCUT2D eigenvalue weighted by Crippen LogP contribution is -2.20. The van der Waals surface area contributed by atoms with Gasteiger partial charge in [0.05, 0.1) is 11.7 Å². The Labute approximate surface area is 117 Å². The summed E-state index contributed by atoms with van der Waals surface area (Å²) < 4.78 is 1.80. The first-order chi connectivity index (χ1) is 9.31. The van der Waals surface area contributed by atoms with Crippen LogP contribution in [0.4, 0.5) is 0 Å². The molecule has 0 N–H and O–H groups in total. The molecule has 1 aliphatic carbocycles. The van der Waals surface area contributed by atoms with Crippen molar-refractivity contribution in [2.75, 3.05) is 0 Å². The van der Waals surface area contributed by atoms with E-state index in [0.29, 0.717) is 0 Å². The van der Waals surface area contributed by atoms with Gasteiger partial charge in [-0.15, -0.1) is 11.3 Å². The van der Waals surface area contributed by atoms with Gasteiger partial charge in [0.15, 0.2) is 0 Å². The highest BCUT2D eigenvalue weighted by Gasteiger charge is 2.18. The molecular formula is C15H20N2OS. The van der Waals surface area contributed by atoms with Gasteiger partial charge in [0.1, 0.15) is 4.83 Å². The lowest BCUT2D eigenvalue weighted by atomic mass is 10.1. The molecule has 19 heavy (non-hydrogen) atoms. The molecule has 0 aliphatic heterocycles. The van der Waals surface area contributed by atoms with Crippen LogP contribution in [0, 0.1) is 0 Å². The molecule has 3 rings (SSSR count). The highest BCUT2D eigenvalue weighted by molar-refractivity contribution is 7.18. The second-order valence-corrected chi connectivity index (χ2v) is 6.42. The molecule has 0 spiro atoms. The summed E-state index contributed by atoms with van der Waals surface area (Å²) in [6.45, 7) is 2.94. The van der Waals surface area contributed by atoms with Crippen molar-refractivity contribution in [2.24, 2.45) is 0 Å². The first kappa shape index (κ1) is 12.9.